The second-order valence-corrected chi connectivity index (χ2v) is 4.32. The largest absolute Gasteiger partial charge is 0.496 e. The van der Waals surface area contributed by atoms with Crippen LogP contribution in [0, 0.1) is 0 Å². The molecule has 4 nitrogen and oxygen atoms in total. The number of rotatable bonds is 3. The van der Waals surface area contributed by atoms with Crippen LogP contribution in [0.1, 0.15) is 5.56 Å². The van der Waals surface area contributed by atoms with E-state index in [4.69, 9.17) is 22.1 Å². The van der Waals surface area contributed by atoms with E-state index in [-0.39, 0.29) is 5.56 Å². The van der Waals surface area contributed by atoms with Gasteiger partial charge in [-0.3, -0.25) is 4.79 Å². The Bertz CT molecular complexity index is 623. The summed E-state index contributed by atoms with van der Waals surface area (Å²) in [5, 5.41) is 0.606. The molecule has 0 fully saturated rings. The first kappa shape index (κ1) is 12.5. The van der Waals surface area contributed by atoms with Gasteiger partial charge in [-0.1, -0.05) is 11.6 Å². The Labute approximate surface area is 110 Å². The van der Waals surface area contributed by atoms with Gasteiger partial charge in [0.15, 0.2) is 0 Å². The first-order valence-corrected chi connectivity index (χ1v) is 5.76. The Morgan fingerprint density at radius 1 is 1.33 bits per heavy atom. The molecule has 2 rings (SSSR count). The molecule has 0 aliphatic heterocycles. The maximum atomic E-state index is 11.7. The average molecular weight is 265 g/mol. The molecule has 1 aromatic carbocycles. The predicted molar refractivity (Wildman–Crippen MR) is 72.2 cm³/mol. The van der Waals surface area contributed by atoms with Gasteiger partial charge in [-0.25, -0.2) is 0 Å². The molecule has 0 radical (unpaired) electrons. The number of pyridine rings is 1. The smallest absolute Gasteiger partial charge is 0.252 e. The Hall–Kier alpha value is -1.94. The number of nitrogen functional groups attached to an aromatic ring is 1. The summed E-state index contributed by atoms with van der Waals surface area (Å²) >= 11 is 5.94. The molecular weight excluding hydrogens is 252 g/mol. The third-order valence-corrected chi connectivity index (χ3v) is 2.84. The van der Waals surface area contributed by atoms with Gasteiger partial charge in [0.1, 0.15) is 5.75 Å². The van der Waals surface area contributed by atoms with E-state index in [1.807, 2.05) is 0 Å². The maximum absolute atomic E-state index is 11.7. The molecule has 2 N–H and O–H groups in total. The molecular formula is C13H13ClN2O2. The highest BCUT2D eigenvalue weighted by Gasteiger charge is 2.06. The molecule has 0 amide bonds. The highest BCUT2D eigenvalue weighted by Crippen LogP contribution is 2.23. The van der Waals surface area contributed by atoms with E-state index >= 15 is 0 Å². The number of halogens is 1. The van der Waals surface area contributed by atoms with Crippen LogP contribution < -0.4 is 16.0 Å². The fourth-order valence-corrected chi connectivity index (χ4v) is 1.90. The van der Waals surface area contributed by atoms with E-state index in [9.17, 15) is 4.79 Å². The Kier molecular flexibility index (Phi) is 3.58. The van der Waals surface area contributed by atoms with Crippen molar-refractivity contribution in [2.45, 2.75) is 6.54 Å². The number of nitrogens with zero attached hydrogens (tertiary/aromatic N) is 1. The summed E-state index contributed by atoms with van der Waals surface area (Å²) in [6.07, 6.45) is 1.65. The first-order chi connectivity index (χ1) is 8.60. The van der Waals surface area contributed by atoms with Crippen LogP contribution in [-0.4, -0.2) is 11.7 Å². The van der Waals surface area contributed by atoms with Crippen molar-refractivity contribution in [3.05, 3.63) is 57.5 Å². The number of hydrogen-bond donors (Lipinski definition) is 1. The number of ether oxygens (including phenoxy) is 1. The zero-order valence-electron chi connectivity index (χ0n) is 9.89. The minimum atomic E-state index is -0.156. The molecule has 0 aliphatic carbocycles. The van der Waals surface area contributed by atoms with Crippen molar-refractivity contribution >= 4 is 17.3 Å². The van der Waals surface area contributed by atoms with Crippen LogP contribution in [0.15, 0.2) is 41.3 Å². The van der Waals surface area contributed by atoms with E-state index in [0.29, 0.717) is 23.0 Å². The summed E-state index contributed by atoms with van der Waals surface area (Å²) in [5.41, 5.74) is 6.68. The molecule has 94 valence electrons. The van der Waals surface area contributed by atoms with Crippen LogP contribution in [-0.2, 0) is 6.54 Å². The monoisotopic (exact) mass is 264 g/mol. The first-order valence-electron chi connectivity index (χ1n) is 5.38. The number of benzene rings is 1. The molecule has 5 heteroatoms. The zero-order chi connectivity index (χ0) is 13.1. The van der Waals surface area contributed by atoms with Gasteiger partial charge in [0.05, 0.1) is 13.7 Å². The lowest BCUT2D eigenvalue weighted by molar-refractivity contribution is 0.408. The summed E-state index contributed by atoms with van der Waals surface area (Å²) in [7, 11) is 1.58. The summed E-state index contributed by atoms with van der Waals surface area (Å²) < 4.78 is 6.78. The molecule has 0 saturated heterocycles. The lowest BCUT2D eigenvalue weighted by atomic mass is 10.2. The number of anilines is 1. The SMILES string of the molecule is COc1ccc(Cl)cc1Cn1ccc(N)cc1=O. The molecule has 0 saturated carbocycles. The third-order valence-electron chi connectivity index (χ3n) is 2.60. The second kappa shape index (κ2) is 5.14. The van der Waals surface area contributed by atoms with Crippen molar-refractivity contribution in [1.82, 2.24) is 4.57 Å². The molecule has 1 heterocycles. The van der Waals surface area contributed by atoms with E-state index in [0.717, 1.165) is 5.56 Å². The highest BCUT2D eigenvalue weighted by molar-refractivity contribution is 6.30. The number of hydrogen-bond acceptors (Lipinski definition) is 3. The minimum Gasteiger partial charge on any atom is -0.496 e. The average Bonchev–Trinajstić information content (AvgIpc) is 2.33. The molecule has 0 aliphatic rings. The lowest BCUT2D eigenvalue weighted by Crippen LogP contribution is -2.19. The summed E-state index contributed by atoms with van der Waals surface area (Å²) in [5.74, 6) is 0.697. The molecule has 0 bridgehead atoms. The lowest BCUT2D eigenvalue weighted by Gasteiger charge is -2.10. The molecule has 0 unspecified atom stereocenters. The fraction of sp³-hybridized carbons (Fsp3) is 0.154. The van der Waals surface area contributed by atoms with Crippen LogP contribution in [0.5, 0.6) is 5.75 Å². The summed E-state index contributed by atoms with van der Waals surface area (Å²) in [6.45, 7) is 0.392. The standard InChI is InChI=1S/C13H13ClN2O2/c1-18-12-3-2-10(14)6-9(12)8-16-5-4-11(15)7-13(16)17/h2-7H,8,15H2,1H3. The number of methoxy groups -OCH3 is 1. The quantitative estimate of drug-likeness (QED) is 0.924. The van der Waals surface area contributed by atoms with Crippen LogP contribution in [0.4, 0.5) is 5.69 Å². The van der Waals surface area contributed by atoms with Crippen molar-refractivity contribution in [3.63, 3.8) is 0 Å². The molecule has 0 spiro atoms. The maximum Gasteiger partial charge on any atom is 0.252 e. The normalized spacial score (nSPS) is 10.3. The number of nitrogens with two attached hydrogens (primary N) is 1. The number of aromatic nitrogens is 1. The van der Waals surface area contributed by atoms with Crippen LogP contribution in [0.3, 0.4) is 0 Å². The highest BCUT2D eigenvalue weighted by atomic mass is 35.5. The summed E-state index contributed by atoms with van der Waals surface area (Å²) in [6, 6.07) is 8.37. The summed E-state index contributed by atoms with van der Waals surface area (Å²) in [4.78, 5) is 11.7. The topological polar surface area (TPSA) is 57.2 Å². The predicted octanol–water partition coefficient (Wildman–Crippen LogP) is 2.14. The van der Waals surface area contributed by atoms with Gasteiger partial charge < -0.3 is 15.0 Å². The van der Waals surface area contributed by atoms with Gasteiger partial charge in [0, 0.05) is 28.5 Å². The second-order valence-electron chi connectivity index (χ2n) is 3.88. The van der Waals surface area contributed by atoms with E-state index in [2.05, 4.69) is 0 Å². The van der Waals surface area contributed by atoms with Crippen molar-refractivity contribution in [1.29, 1.82) is 0 Å². The zero-order valence-corrected chi connectivity index (χ0v) is 10.6. The van der Waals surface area contributed by atoms with Crippen LogP contribution >= 0.6 is 11.6 Å². The van der Waals surface area contributed by atoms with Gasteiger partial charge in [0.2, 0.25) is 0 Å². The van der Waals surface area contributed by atoms with Gasteiger partial charge in [-0.2, -0.15) is 0 Å². The molecule has 18 heavy (non-hydrogen) atoms. The molecule has 1 aromatic heterocycles. The third kappa shape index (κ3) is 2.65. The van der Waals surface area contributed by atoms with Crippen molar-refractivity contribution in [3.8, 4) is 5.75 Å². The Morgan fingerprint density at radius 2 is 2.11 bits per heavy atom. The van der Waals surface area contributed by atoms with Gasteiger partial charge in [-0.15, -0.1) is 0 Å². The van der Waals surface area contributed by atoms with Crippen LogP contribution in [0.2, 0.25) is 5.02 Å². The fourth-order valence-electron chi connectivity index (χ4n) is 1.71. The van der Waals surface area contributed by atoms with Gasteiger partial charge in [-0.05, 0) is 24.3 Å². The minimum absolute atomic E-state index is 0.156. The van der Waals surface area contributed by atoms with Crippen LogP contribution in [0.25, 0.3) is 0 Å². The van der Waals surface area contributed by atoms with Gasteiger partial charge >= 0.3 is 0 Å². The van der Waals surface area contributed by atoms with Gasteiger partial charge in [0.25, 0.3) is 5.56 Å². The van der Waals surface area contributed by atoms with E-state index in [1.165, 1.54) is 6.07 Å². The van der Waals surface area contributed by atoms with Crippen molar-refractivity contribution in [2.24, 2.45) is 0 Å². The van der Waals surface area contributed by atoms with Crippen molar-refractivity contribution < 1.29 is 4.74 Å². The van der Waals surface area contributed by atoms with Crippen molar-refractivity contribution in [2.75, 3.05) is 12.8 Å². The molecule has 0 atom stereocenters. The molecule has 2 aromatic rings. The van der Waals surface area contributed by atoms with E-state index in [1.54, 1.807) is 42.1 Å². The van der Waals surface area contributed by atoms with E-state index < -0.39 is 0 Å². The Morgan fingerprint density at radius 3 is 2.78 bits per heavy atom. The Balaban J connectivity index is 2.39.